The van der Waals surface area contributed by atoms with Gasteiger partial charge in [0.1, 0.15) is 13.2 Å². The maximum atomic E-state index is 9.12. The minimum Gasteiger partial charge on any atom is -0.480 e. The molecule has 0 aromatic heterocycles. The maximum Gasteiger partial charge on any atom is 0.329 e. The molecule has 0 saturated heterocycles. The summed E-state index contributed by atoms with van der Waals surface area (Å²) in [6.45, 7) is -1.56. The van der Waals surface area contributed by atoms with Crippen molar-refractivity contribution in [3.8, 4) is 0 Å². The minimum atomic E-state index is -1.19. The van der Waals surface area contributed by atoms with Gasteiger partial charge in [0.05, 0.1) is 0 Å². The molecule has 2 saturated carbocycles. The molecule has 9 heteroatoms. The monoisotopic (exact) mass is 473 g/mol. The van der Waals surface area contributed by atoms with Crippen molar-refractivity contribution >= 4 is 11.9 Å². The van der Waals surface area contributed by atoms with Gasteiger partial charge in [0, 0.05) is 33.1 Å². The first-order chi connectivity index (χ1) is 8.83. The predicted octanol–water partition coefficient (Wildman–Crippen LogP) is -1.80. The Morgan fingerprint density at radius 3 is 1.25 bits per heavy atom. The number of rotatable bonds is 2. The van der Waals surface area contributed by atoms with E-state index in [1.165, 1.54) is 19.3 Å². The zero-order chi connectivity index (χ0) is 15.0. The Kier molecular flexibility index (Phi) is 12.1. The van der Waals surface area contributed by atoms with Crippen LogP contribution in [0.15, 0.2) is 0 Å². The van der Waals surface area contributed by atoms with Gasteiger partial charge in [0.15, 0.2) is 0 Å². The SMILES string of the molecule is NC1C(N)[C@H]2CC[C@@H]1C2.O=C(O)CO.O=C(O)CO.[Pt]. The molecule has 122 valence electrons. The van der Waals surface area contributed by atoms with Gasteiger partial charge in [0.25, 0.3) is 0 Å². The van der Waals surface area contributed by atoms with Gasteiger partial charge in [-0.3, -0.25) is 0 Å². The van der Waals surface area contributed by atoms with Crippen LogP contribution in [0.1, 0.15) is 19.3 Å². The van der Waals surface area contributed by atoms with Gasteiger partial charge in [0.2, 0.25) is 0 Å². The number of aliphatic carboxylic acids is 2. The van der Waals surface area contributed by atoms with Gasteiger partial charge < -0.3 is 31.9 Å². The Labute approximate surface area is 131 Å². The summed E-state index contributed by atoms with van der Waals surface area (Å²) >= 11 is 0. The quantitative estimate of drug-likeness (QED) is 0.273. The number of carbonyl (C=O) groups is 2. The first-order valence-corrected chi connectivity index (χ1v) is 5.99. The Morgan fingerprint density at radius 2 is 1.15 bits per heavy atom. The number of carboxylic acids is 2. The van der Waals surface area contributed by atoms with Crippen molar-refractivity contribution in [1.82, 2.24) is 0 Å². The molecule has 20 heavy (non-hydrogen) atoms. The number of nitrogens with two attached hydrogens (primary N) is 2. The molecular weight excluding hydrogens is 451 g/mol. The molecule has 2 unspecified atom stereocenters. The molecule has 0 spiro atoms. The second kappa shape index (κ2) is 11.2. The van der Waals surface area contributed by atoms with Crippen LogP contribution < -0.4 is 11.5 Å². The van der Waals surface area contributed by atoms with Crippen LogP contribution in [0.4, 0.5) is 0 Å². The molecule has 0 aromatic carbocycles. The summed E-state index contributed by atoms with van der Waals surface area (Å²) in [6.07, 6.45) is 3.97. The average molecular weight is 473 g/mol. The molecular formula is C11H22N2O6Pt. The van der Waals surface area contributed by atoms with E-state index >= 15 is 0 Å². The number of aliphatic hydroxyl groups is 2. The molecule has 2 aliphatic carbocycles. The second-order valence-electron chi connectivity index (χ2n) is 4.59. The number of hydrogen-bond donors (Lipinski definition) is 6. The Bertz CT molecular complexity index is 273. The van der Waals surface area contributed by atoms with Crippen LogP contribution in [-0.2, 0) is 30.7 Å². The van der Waals surface area contributed by atoms with E-state index in [2.05, 4.69) is 0 Å². The largest absolute Gasteiger partial charge is 0.480 e. The van der Waals surface area contributed by atoms with Crippen molar-refractivity contribution in [1.29, 1.82) is 0 Å². The van der Waals surface area contributed by atoms with Gasteiger partial charge >= 0.3 is 11.9 Å². The molecule has 0 aliphatic heterocycles. The van der Waals surface area contributed by atoms with Crippen molar-refractivity contribution in [2.45, 2.75) is 31.3 Å². The third-order valence-electron chi connectivity index (χ3n) is 3.32. The molecule has 0 heterocycles. The average Bonchev–Trinajstić information content (AvgIpc) is 2.95. The summed E-state index contributed by atoms with van der Waals surface area (Å²) in [5, 5.41) is 30.0. The fourth-order valence-corrected chi connectivity index (χ4v) is 2.38. The topological polar surface area (TPSA) is 167 Å². The first kappa shape index (κ1) is 21.8. The summed E-state index contributed by atoms with van der Waals surface area (Å²) in [4.78, 5) is 18.2. The van der Waals surface area contributed by atoms with Crippen molar-refractivity contribution in [2.75, 3.05) is 13.2 Å². The van der Waals surface area contributed by atoms with E-state index in [-0.39, 0.29) is 21.1 Å². The minimum absolute atomic E-state index is 0. The third kappa shape index (κ3) is 7.91. The van der Waals surface area contributed by atoms with Crippen LogP contribution in [-0.4, -0.2) is 57.7 Å². The molecule has 4 atom stereocenters. The molecule has 2 bridgehead atoms. The third-order valence-corrected chi connectivity index (χ3v) is 3.32. The molecule has 0 radical (unpaired) electrons. The van der Waals surface area contributed by atoms with E-state index in [1.807, 2.05) is 0 Å². The number of fused-ring (bicyclic) bond motifs is 2. The van der Waals surface area contributed by atoms with Gasteiger partial charge in [-0.25, -0.2) is 9.59 Å². The Hall–Kier alpha value is -0.532. The summed E-state index contributed by atoms with van der Waals surface area (Å²) in [5.41, 5.74) is 11.7. The molecule has 0 amide bonds. The van der Waals surface area contributed by atoms with Gasteiger partial charge in [-0.15, -0.1) is 0 Å². The Balaban J connectivity index is 0. The second-order valence-corrected chi connectivity index (χ2v) is 4.59. The van der Waals surface area contributed by atoms with E-state index in [4.69, 9.17) is 41.5 Å². The predicted molar refractivity (Wildman–Crippen MR) is 66.2 cm³/mol. The van der Waals surface area contributed by atoms with Crippen molar-refractivity contribution in [2.24, 2.45) is 23.3 Å². The van der Waals surface area contributed by atoms with E-state index in [0.29, 0.717) is 12.1 Å². The summed E-state index contributed by atoms with van der Waals surface area (Å²) in [5.74, 6) is -0.843. The molecule has 2 fully saturated rings. The summed E-state index contributed by atoms with van der Waals surface area (Å²) < 4.78 is 0. The van der Waals surface area contributed by atoms with Crippen molar-refractivity contribution in [3.63, 3.8) is 0 Å². The fourth-order valence-electron chi connectivity index (χ4n) is 2.38. The van der Waals surface area contributed by atoms with Crippen LogP contribution in [0, 0.1) is 11.8 Å². The normalized spacial score (nSPS) is 29.2. The van der Waals surface area contributed by atoms with Gasteiger partial charge in [-0.1, -0.05) is 0 Å². The van der Waals surface area contributed by atoms with E-state index in [1.54, 1.807) is 0 Å². The molecule has 8 nitrogen and oxygen atoms in total. The van der Waals surface area contributed by atoms with Crippen molar-refractivity contribution in [3.05, 3.63) is 0 Å². The van der Waals surface area contributed by atoms with E-state index < -0.39 is 25.2 Å². The van der Waals surface area contributed by atoms with Crippen LogP contribution in [0.3, 0.4) is 0 Å². The van der Waals surface area contributed by atoms with E-state index in [9.17, 15) is 0 Å². The zero-order valence-corrected chi connectivity index (χ0v) is 13.2. The van der Waals surface area contributed by atoms with Crippen molar-refractivity contribution < 1.29 is 51.1 Å². The smallest absolute Gasteiger partial charge is 0.329 e. The molecule has 8 N–H and O–H groups in total. The first-order valence-electron chi connectivity index (χ1n) is 5.99. The van der Waals surface area contributed by atoms with Crippen LogP contribution in [0.5, 0.6) is 0 Å². The fraction of sp³-hybridized carbons (Fsp3) is 0.818. The van der Waals surface area contributed by atoms with Gasteiger partial charge in [-0.2, -0.15) is 0 Å². The van der Waals surface area contributed by atoms with Gasteiger partial charge in [-0.05, 0) is 31.1 Å². The number of aliphatic hydroxyl groups excluding tert-OH is 2. The molecule has 2 aliphatic rings. The van der Waals surface area contributed by atoms with Crippen LogP contribution in [0.2, 0.25) is 0 Å². The van der Waals surface area contributed by atoms with E-state index in [0.717, 1.165) is 11.8 Å². The molecule has 2 rings (SSSR count). The Morgan fingerprint density at radius 1 is 0.900 bits per heavy atom. The molecule has 0 aromatic rings. The standard InChI is InChI=1S/C7H14N2.2C2H4O3.Pt/c8-6-4-1-2-5(3-4)7(6)9;2*3-1-2(4)5;/h4-7H,1-3,8-9H2;2*3H,1H2,(H,4,5);/t4-,5+,6?,7?;;;. The van der Waals surface area contributed by atoms with Crippen LogP contribution >= 0.6 is 0 Å². The maximum absolute atomic E-state index is 9.12. The summed E-state index contributed by atoms with van der Waals surface area (Å²) in [7, 11) is 0. The van der Waals surface area contributed by atoms with Crippen LogP contribution in [0.25, 0.3) is 0 Å². The number of hydrogen-bond acceptors (Lipinski definition) is 6. The number of carboxylic acid groups (broad SMARTS) is 2. The summed E-state index contributed by atoms with van der Waals surface area (Å²) in [6, 6.07) is 0.646. The zero-order valence-electron chi connectivity index (χ0n) is 10.9.